The summed E-state index contributed by atoms with van der Waals surface area (Å²) in [6.45, 7) is 8.86. The Hall–Kier alpha value is -1.76. The highest BCUT2D eigenvalue weighted by Gasteiger charge is 2.13. The van der Waals surface area contributed by atoms with Crippen LogP contribution in [0, 0.1) is 19.8 Å². The Labute approximate surface area is 123 Å². The minimum absolute atomic E-state index is 0.373. The van der Waals surface area contributed by atoms with Gasteiger partial charge in [-0.15, -0.1) is 0 Å². The van der Waals surface area contributed by atoms with Gasteiger partial charge in [0.25, 0.3) is 0 Å². The van der Waals surface area contributed by atoms with Crippen LogP contribution in [0.4, 0.5) is 5.69 Å². The molecule has 1 heteroatoms. The van der Waals surface area contributed by atoms with Gasteiger partial charge in [-0.3, -0.25) is 0 Å². The molecule has 0 aliphatic carbocycles. The van der Waals surface area contributed by atoms with E-state index in [0.29, 0.717) is 12.0 Å². The molecule has 1 N–H and O–H groups in total. The third-order valence-corrected chi connectivity index (χ3v) is 3.47. The molecule has 1 atom stereocenters. The highest BCUT2D eigenvalue weighted by Crippen LogP contribution is 2.26. The van der Waals surface area contributed by atoms with E-state index >= 15 is 0 Å². The van der Waals surface area contributed by atoms with Crippen molar-refractivity contribution >= 4 is 5.69 Å². The molecular weight excluding hydrogens is 242 g/mol. The molecule has 0 aliphatic rings. The lowest BCUT2D eigenvalue weighted by Gasteiger charge is -2.23. The van der Waals surface area contributed by atoms with Crippen molar-refractivity contribution in [3.8, 4) is 0 Å². The zero-order valence-electron chi connectivity index (χ0n) is 13.0. The first-order valence-corrected chi connectivity index (χ1v) is 7.44. The number of benzene rings is 2. The van der Waals surface area contributed by atoms with Crippen molar-refractivity contribution in [2.45, 2.75) is 40.2 Å². The van der Waals surface area contributed by atoms with Crippen molar-refractivity contribution in [3.63, 3.8) is 0 Å². The highest BCUT2D eigenvalue weighted by molar-refractivity contribution is 5.50. The fourth-order valence-corrected chi connectivity index (χ4v) is 2.69. The molecule has 2 rings (SSSR count). The average Bonchev–Trinajstić information content (AvgIpc) is 2.37. The fraction of sp³-hybridized carbons (Fsp3) is 0.368. The molecule has 2 aromatic carbocycles. The van der Waals surface area contributed by atoms with Crippen molar-refractivity contribution in [1.82, 2.24) is 0 Å². The summed E-state index contributed by atoms with van der Waals surface area (Å²) in [4.78, 5) is 0. The maximum absolute atomic E-state index is 3.71. The summed E-state index contributed by atoms with van der Waals surface area (Å²) in [6, 6.07) is 17.8. The SMILES string of the molecule is Cc1cc(C)cc(NC(CC(C)C)c2ccccc2)c1. The molecule has 106 valence electrons. The van der Waals surface area contributed by atoms with Crippen LogP contribution in [0.15, 0.2) is 48.5 Å². The number of hydrogen-bond acceptors (Lipinski definition) is 1. The molecule has 0 heterocycles. The van der Waals surface area contributed by atoms with E-state index in [4.69, 9.17) is 0 Å². The van der Waals surface area contributed by atoms with E-state index < -0.39 is 0 Å². The molecule has 0 fully saturated rings. The van der Waals surface area contributed by atoms with Gasteiger partial charge in [0.2, 0.25) is 0 Å². The molecule has 0 spiro atoms. The Balaban J connectivity index is 2.23. The molecule has 0 amide bonds. The van der Waals surface area contributed by atoms with Crippen LogP contribution in [0.5, 0.6) is 0 Å². The zero-order valence-corrected chi connectivity index (χ0v) is 13.0. The molecule has 1 nitrogen and oxygen atoms in total. The molecule has 0 aliphatic heterocycles. The molecule has 0 saturated heterocycles. The summed E-state index contributed by atoms with van der Waals surface area (Å²) in [5.41, 5.74) is 5.20. The highest BCUT2D eigenvalue weighted by atomic mass is 14.9. The lowest BCUT2D eigenvalue weighted by molar-refractivity contribution is 0.531. The normalized spacial score (nSPS) is 12.4. The van der Waals surface area contributed by atoms with Gasteiger partial charge in [0.15, 0.2) is 0 Å². The largest absolute Gasteiger partial charge is 0.378 e. The van der Waals surface area contributed by atoms with Gasteiger partial charge in [-0.2, -0.15) is 0 Å². The van der Waals surface area contributed by atoms with Gasteiger partial charge in [0.1, 0.15) is 0 Å². The van der Waals surface area contributed by atoms with E-state index in [-0.39, 0.29) is 0 Å². The van der Waals surface area contributed by atoms with Crippen LogP contribution < -0.4 is 5.32 Å². The van der Waals surface area contributed by atoms with E-state index in [1.165, 1.54) is 22.4 Å². The van der Waals surface area contributed by atoms with Crippen LogP contribution in [0.25, 0.3) is 0 Å². The first kappa shape index (κ1) is 14.6. The fourth-order valence-electron chi connectivity index (χ4n) is 2.69. The molecule has 1 unspecified atom stereocenters. The number of rotatable bonds is 5. The molecular formula is C19H25N. The molecule has 0 saturated carbocycles. The minimum Gasteiger partial charge on any atom is -0.378 e. The predicted molar refractivity (Wildman–Crippen MR) is 88.2 cm³/mol. The van der Waals surface area contributed by atoms with E-state index in [9.17, 15) is 0 Å². The van der Waals surface area contributed by atoms with Crippen LogP contribution in [0.2, 0.25) is 0 Å². The number of nitrogens with one attached hydrogen (secondary N) is 1. The summed E-state index contributed by atoms with van der Waals surface area (Å²) in [5.74, 6) is 0.665. The van der Waals surface area contributed by atoms with Gasteiger partial charge >= 0.3 is 0 Å². The summed E-state index contributed by atoms with van der Waals surface area (Å²) in [7, 11) is 0. The maximum Gasteiger partial charge on any atom is 0.0516 e. The van der Waals surface area contributed by atoms with Gasteiger partial charge in [-0.1, -0.05) is 50.2 Å². The Kier molecular flexibility index (Phi) is 4.84. The smallest absolute Gasteiger partial charge is 0.0516 e. The van der Waals surface area contributed by atoms with E-state index in [1.807, 2.05) is 0 Å². The average molecular weight is 267 g/mol. The van der Waals surface area contributed by atoms with Gasteiger partial charge < -0.3 is 5.32 Å². The summed E-state index contributed by atoms with van der Waals surface area (Å²) >= 11 is 0. The quantitative estimate of drug-likeness (QED) is 0.754. The molecule has 2 aromatic rings. The number of hydrogen-bond donors (Lipinski definition) is 1. The van der Waals surface area contributed by atoms with Crippen molar-refractivity contribution < 1.29 is 0 Å². The minimum atomic E-state index is 0.373. The first-order valence-electron chi connectivity index (χ1n) is 7.44. The van der Waals surface area contributed by atoms with E-state index in [1.54, 1.807) is 0 Å². The van der Waals surface area contributed by atoms with E-state index in [0.717, 1.165) is 6.42 Å². The Bertz CT molecular complexity index is 523. The predicted octanol–water partition coefficient (Wildman–Crippen LogP) is 5.50. The second-order valence-electron chi connectivity index (χ2n) is 6.11. The van der Waals surface area contributed by atoms with Gasteiger partial charge in [0.05, 0.1) is 6.04 Å². The first-order chi connectivity index (χ1) is 9.54. The van der Waals surface area contributed by atoms with Crippen LogP contribution >= 0.6 is 0 Å². The lowest BCUT2D eigenvalue weighted by atomic mass is 9.96. The second-order valence-corrected chi connectivity index (χ2v) is 6.11. The van der Waals surface area contributed by atoms with Gasteiger partial charge in [-0.25, -0.2) is 0 Å². The summed E-state index contributed by atoms with van der Waals surface area (Å²) < 4.78 is 0. The Morgan fingerprint density at radius 1 is 0.900 bits per heavy atom. The molecule has 0 radical (unpaired) electrons. The topological polar surface area (TPSA) is 12.0 Å². The second kappa shape index (κ2) is 6.60. The molecule has 0 bridgehead atoms. The van der Waals surface area contributed by atoms with Gasteiger partial charge in [0, 0.05) is 5.69 Å². The molecule has 20 heavy (non-hydrogen) atoms. The number of aryl methyl sites for hydroxylation is 2. The zero-order chi connectivity index (χ0) is 14.5. The van der Waals surface area contributed by atoms with Crippen LogP contribution in [-0.2, 0) is 0 Å². The van der Waals surface area contributed by atoms with Crippen LogP contribution in [-0.4, -0.2) is 0 Å². The van der Waals surface area contributed by atoms with Gasteiger partial charge in [-0.05, 0) is 55.0 Å². The van der Waals surface area contributed by atoms with E-state index in [2.05, 4.69) is 81.5 Å². The van der Waals surface area contributed by atoms with Crippen molar-refractivity contribution in [3.05, 3.63) is 65.2 Å². The number of anilines is 1. The van der Waals surface area contributed by atoms with Crippen molar-refractivity contribution in [1.29, 1.82) is 0 Å². The van der Waals surface area contributed by atoms with Crippen molar-refractivity contribution in [2.24, 2.45) is 5.92 Å². The maximum atomic E-state index is 3.71. The molecule has 0 aromatic heterocycles. The Morgan fingerprint density at radius 3 is 2.05 bits per heavy atom. The Morgan fingerprint density at radius 2 is 1.50 bits per heavy atom. The summed E-state index contributed by atoms with van der Waals surface area (Å²) in [5, 5.41) is 3.71. The summed E-state index contributed by atoms with van der Waals surface area (Å²) in [6.07, 6.45) is 1.14. The van der Waals surface area contributed by atoms with Crippen LogP contribution in [0.3, 0.4) is 0 Å². The van der Waals surface area contributed by atoms with Crippen molar-refractivity contribution in [2.75, 3.05) is 5.32 Å². The lowest BCUT2D eigenvalue weighted by Crippen LogP contribution is -2.13. The standard InChI is InChI=1S/C19H25N/c1-14(2)10-19(17-8-6-5-7-9-17)20-18-12-15(3)11-16(4)13-18/h5-9,11-14,19-20H,10H2,1-4H3. The monoisotopic (exact) mass is 267 g/mol. The third kappa shape index (κ3) is 4.12. The van der Waals surface area contributed by atoms with Crippen LogP contribution in [0.1, 0.15) is 43.0 Å². The third-order valence-electron chi connectivity index (χ3n) is 3.47.